The van der Waals surface area contributed by atoms with Gasteiger partial charge in [0.1, 0.15) is 0 Å². The predicted molar refractivity (Wildman–Crippen MR) is 79.2 cm³/mol. The lowest BCUT2D eigenvalue weighted by Crippen LogP contribution is -2.35. The van der Waals surface area contributed by atoms with Crippen LogP contribution in [0, 0.1) is 0 Å². The second-order valence-corrected chi connectivity index (χ2v) is 7.68. The van der Waals surface area contributed by atoms with Crippen LogP contribution >= 0.6 is 0 Å². The summed E-state index contributed by atoms with van der Waals surface area (Å²) in [6.07, 6.45) is 0.893. The van der Waals surface area contributed by atoms with E-state index in [-0.39, 0.29) is 10.4 Å². The van der Waals surface area contributed by atoms with Gasteiger partial charge < -0.3 is 15.8 Å². The van der Waals surface area contributed by atoms with E-state index in [9.17, 15) is 8.42 Å². The summed E-state index contributed by atoms with van der Waals surface area (Å²) in [7, 11) is -0.469. The smallest absolute Gasteiger partial charge is 0.242 e. The summed E-state index contributed by atoms with van der Waals surface area (Å²) in [6, 6.07) is 4.75. The lowest BCUT2D eigenvalue weighted by atomic mass is 10.0. The molecule has 1 saturated heterocycles. The van der Waals surface area contributed by atoms with Gasteiger partial charge in [-0.3, -0.25) is 0 Å². The number of hydrogen-bond acceptors (Lipinski definition) is 5. The molecule has 1 fully saturated rings. The molecule has 3 N–H and O–H groups in total. The zero-order chi connectivity index (χ0) is 15.0. The molecule has 1 aliphatic rings. The number of nitrogens with one attached hydrogen (secondary N) is 1. The van der Waals surface area contributed by atoms with E-state index in [2.05, 4.69) is 12.2 Å². The minimum absolute atomic E-state index is 0.157. The van der Waals surface area contributed by atoms with Gasteiger partial charge in [-0.2, -0.15) is 0 Å². The molecule has 1 heterocycles. The van der Waals surface area contributed by atoms with Crippen LogP contribution in [0.5, 0.6) is 0 Å². The maximum Gasteiger partial charge on any atom is 0.242 e. The van der Waals surface area contributed by atoms with Crippen molar-refractivity contribution in [3.8, 4) is 0 Å². The second-order valence-electron chi connectivity index (χ2n) is 5.52. The number of hydrogen-bond donors (Lipinski definition) is 2. The van der Waals surface area contributed by atoms with E-state index < -0.39 is 10.0 Å². The molecular weight excluding hydrogens is 278 g/mol. The van der Waals surface area contributed by atoms with Crippen LogP contribution in [0.1, 0.15) is 13.3 Å². The zero-order valence-corrected chi connectivity index (χ0v) is 12.8. The van der Waals surface area contributed by atoms with Crippen molar-refractivity contribution in [2.75, 3.05) is 38.4 Å². The molecule has 7 heteroatoms. The molecule has 1 aromatic carbocycles. The molecule has 20 heavy (non-hydrogen) atoms. The van der Waals surface area contributed by atoms with Gasteiger partial charge in [0.15, 0.2) is 0 Å². The van der Waals surface area contributed by atoms with Crippen LogP contribution in [0.4, 0.5) is 11.4 Å². The summed E-state index contributed by atoms with van der Waals surface area (Å²) >= 11 is 0. The van der Waals surface area contributed by atoms with E-state index in [1.807, 2.05) is 0 Å². The molecule has 0 aliphatic carbocycles. The van der Waals surface area contributed by atoms with E-state index >= 15 is 0 Å². The lowest BCUT2D eigenvalue weighted by Gasteiger charge is -2.26. The number of sulfonamides is 1. The average Bonchev–Trinajstić information content (AvgIpc) is 2.78. The Kier molecular flexibility index (Phi) is 3.95. The summed E-state index contributed by atoms with van der Waals surface area (Å²) in [5, 5.41) is 3.33. The minimum atomic E-state index is -3.46. The van der Waals surface area contributed by atoms with Gasteiger partial charge in [0, 0.05) is 20.7 Å². The third-order valence-electron chi connectivity index (χ3n) is 3.46. The van der Waals surface area contributed by atoms with Crippen LogP contribution in [0.2, 0.25) is 0 Å². The number of nitrogen functional groups attached to an aromatic ring is 1. The Hall–Kier alpha value is -1.31. The van der Waals surface area contributed by atoms with Crippen LogP contribution in [0.15, 0.2) is 23.1 Å². The highest BCUT2D eigenvalue weighted by molar-refractivity contribution is 7.89. The molecule has 0 spiro atoms. The minimum Gasteiger partial charge on any atom is -0.397 e. The predicted octanol–water partition coefficient (Wildman–Crippen LogP) is 1.11. The second kappa shape index (κ2) is 5.23. The van der Waals surface area contributed by atoms with Gasteiger partial charge in [-0.05, 0) is 31.5 Å². The van der Waals surface area contributed by atoms with E-state index in [0.29, 0.717) is 12.3 Å². The third-order valence-corrected chi connectivity index (χ3v) is 5.27. The molecule has 112 valence electrons. The lowest BCUT2D eigenvalue weighted by molar-refractivity contribution is 0.185. The zero-order valence-electron chi connectivity index (χ0n) is 12.0. The van der Waals surface area contributed by atoms with Crippen LogP contribution in [0.25, 0.3) is 0 Å². The summed E-state index contributed by atoms with van der Waals surface area (Å²) < 4.78 is 30.6. The molecule has 0 bridgehead atoms. The molecule has 2 rings (SSSR count). The van der Waals surface area contributed by atoms with Crippen molar-refractivity contribution in [2.45, 2.75) is 23.8 Å². The number of nitrogens with zero attached hydrogens (tertiary/aromatic N) is 1. The first kappa shape index (κ1) is 15.1. The van der Waals surface area contributed by atoms with Crippen LogP contribution < -0.4 is 11.1 Å². The fourth-order valence-electron chi connectivity index (χ4n) is 2.12. The third kappa shape index (κ3) is 2.89. The standard InChI is InChI=1S/C13H21N3O3S/c1-13(6-7-19-9-13)15-12-5-4-10(8-11(12)14)20(17,18)16(2)3/h4-5,8,15H,6-7,9,14H2,1-3H3. The fourth-order valence-corrected chi connectivity index (χ4v) is 3.05. The Morgan fingerprint density at radius 1 is 1.40 bits per heavy atom. The molecule has 0 radical (unpaired) electrons. The first-order valence-corrected chi connectivity index (χ1v) is 7.87. The summed E-state index contributed by atoms with van der Waals surface area (Å²) in [6.45, 7) is 3.39. The largest absolute Gasteiger partial charge is 0.397 e. The van der Waals surface area contributed by atoms with Crippen LogP contribution in [0.3, 0.4) is 0 Å². The number of anilines is 2. The molecule has 1 aromatic rings. The van der Waals surface area contributed by atoms with E-state index in [1.54, 1.807) is 12.1 Å². The molecule has 6 nitrogen and oxygen atoms in total. The van der Waals surface area contributed by atoms with Gasteiger partial charge in [0.2, 0.25) is 10.0 Å². The molecule has 0 saturated carbocycles. The Balaban J connectivity index is 2.27. The Bertz CT molecular complexity index is 593. The van der Waals surface area contributed by atoms with Crippen molar-refractivity contribution in [3.05, 3.63) is 18.2 Å². The normalized spacial score (nSPS) is 23.2. The Morgan fingerprint density at radius 3 is 2.60 bits per heavy atom. The number of nitrogens with two attached hydrogens (primary N) is 1. The van der Waals surface area contributed by atoms with Crippen molar-refractivity contribution < 1.29 is 13.2 Å². The monoisotopic (exact) mass is 299 g/mol. The molecular formula is C13H21N3O3S. The van der Waals surface area contributed by atoms with Gasteiger partial charge in [0.25, 0.3) is 0 Å². The van der Waals surface area contributed by atoms with Crippen molar-refractivity contribution in [3.63, 3.8) is 0 Å². The maximum atomic E-state index is 12.0. The van der Waals surface area contributed by atoms with E-state index in [1.165, 1.54) is 24.5 Å². The van der Waals surface area contributed by atoms with Crippen molar-refractivity contribution >= 4 is 21.4 Å². The quantitative estimate of drug-likeness (QED) is 0.814. The summed E-state index contributed by atoms with van der Waals surface area (Å²) in [5.74, 6) is 0. The maximum absolute atomic E-state index is 12.0. The fraction of sp³-hybridized carbons (Fsp3) is 0.538. The first-order chi connectivity index (χ1) is 9.24. The summed E-state index contributed by atoms with van der Waals surface area (Å²) in [4.78, 5) is 0.193. The summed E-state index contributed by atoms with van der Waals surface area (Å²) in [5.41, 5.74) is 6.96. The highest BCUT2D eigenvalue weighted by atomic mass is 32.2. The molecule has 1 aliphatic heterocycles. The van der Waals surface area contributed by atoms with Crippen molar-refractivity contribution in [1.82, 2.24) is 4.31 Å². The number of rotatable bonds is 4. The number of benzene rings is 1. The Morgan fingerprint density at radius 2 is 2.10 bits per heavy atom. The van der Waals surface area contributed by atoms with E-state index in [4.69, 9.17) is 10.5 Å². The average molecular weight is 299 g/mol. The van der Waals surface area contributed by atoms with Gasteiger partial charge >= 0.3 is 0 Å². The van der Waals surface area contributed by atoms with Gasteiger partial charge in [0.05, 0.1) is 28.4 Å². The highest BCUT2D eigenvalue weighted by Gasteiger charge is 2.30. The molecule has 1 unspecified atom stereocenters. The first-order valence-electron chi connectivity index (χ1n) is 6.43. The molecule has 0 aromatic heterocycles. The van der Waals surface area contributed by atoms with Crippen molar-refractivity contribution in [2.24, 2.45) is 0 Å². The van der Waals surface area contributed by atoms with Crippen LogP contribution in [-0.2, 0) is 14.8 Å². The Labute approximate surface area is 120 Å². The van der Waals surface area contributed by atoms with Crippen molar-refractivity contribution in [1.29, 1.82) is 0 Å². The SMILES string of the molecule is CN(C)S(=O)(=O)c1ccc(NC2(C)CCOC2)c(N)c1. The molecule has 1 atom stereocenters. The number of ether oxygens (including phenoxy) is 1. The van der Waals surface area contributed by atoms with Gasteiger partial charge in [-0.15, -0.1) is 0 Å². The van der Waals surface area contributed by atoms with Gasteiger partial charge in [-0.25, -0.2) is 12.7 Å². The van der Waals surface area contributed by atoms with E-state index in [0.717, 1.165) is 18.7 Å². The van der Waals surface area contributed by atoms with Gasteiger partial charge in [-0.1, -0.05) is 0 Å². The highest BCUT2D eigenvalue weighted by Crippen LogP contribution is 2.29. The molecule has 0 amide bonds. The van der Waals surface area contributed by atoms with Crippen LogP contribution in [-0.4, -0.2) is 45.6 Å². The topological polar surface area (TPSA) is 84.7 Å².